The number of anilines is 1. The highest BCUT2D eigenvalue weighted by atomic mass is 79.9. The molecule has 2 aromatic rings. The van der Waals surface area contributed by atoms with Crippen molar-refractivity contribution in [3.05, 3.63) is 55.6 Å². The zero-order valence-electron chi connectivity index (χ0n) is 10.4. The molecular formula is C13H13Br2N3O. The molecule has 0 atom stereocenters. The number of rotatable bonds is 4. The Morgan fingerprint density at radius 2 is 1.95 bits per heavy atom. The Balaban J connectivity index is 2.02. The number of hydrogen-bond acceptors (Lipinski definition) is 3. The standard InChI is InChI=1S/C13H13Br2N3O/c1-9-17-8-12(15)13(19)18(9)7-6-16-11-4-2-10(14)3-5-11/h2-5,8,16H,6-7H2,1H3. The van der Waals surface area contributed by atoms with Crippen molar-refractivity contribution in [2.24, 2.45) is 0 Å². The van der Waals surface area contributed by atoms with Gasteiger partial charge >= 0.3 is 0 Å². The first-order valence-corrected chi connectivity index (χ1v) is 7.38. The van der Waals surface area contributed by atoms with Crippen LogP contribution in [0.3, 0.4) is 0 Å². The molecule has 0 unspecified atom stereocenters. The smallest absolute Gasteiger partial charge is 0.267 e. The molecule has 1 heterocycles. The molecule has 0 saturated carbocycles. The third-order valence-corrected chi connectivity index (χ3v) is 3.79. The van der Waals surface area contributed by atoms with E-state index in [-0.39, 0.29) is 5.56 Å². The SMILES string of the molecule is Cc1ncc(Br)c(=O)n1CCNc1ccc(Br)cc1. The molecule has 0 saturated heterocycles. The van der Waals surface area contributed by atoms with E-state index in [4.69, 9.17) is 0 Å². The first-order valence-electron chi connectivity index (χ1n) is 5.79. The van der Waals surface area contributed by atoms with E-state index in [1.807, 2.05) is 31.2 Å². The maximum atomic E-state index is 11.9. The van der Waals surface area contributed by atoms with E-state index in [1.165, 1.54) is 6.20 Å². The van der Waals surface area contributed by atoms with Crippen molar-refractivity contribution >= 4 is 37.5 Å². The van der Waals surface area contributed by atoms with Gasteiger partial charge in [-0.05, 0) is 47.1 Å². The van der Waals surface area contributed by atoms with Crippen LogP contribution in [0.5, 0.6) is 0 Å². The van der Waals surface area contributed by atoms with Crippen LogP contribution >= 0.6 is 31.9 Å². The fourth-order valence-corrected chi connectivity index (χ4v) is 2.27. The normalized spacial score (nSPS) is 10.5. The third kappa shape index (κ3) is 3.67. The lowest BCUT2D eigenvalue weighted by Crippen LogP contribution is -2.27. The minimum absolute atomic E-state index is 0.0508. The Morgan fingerprint density at radius 1 is 1.26 bits per heavy atom. The molecule has 0 bridgehead atoms. The molecule has 1 aromatic carbocycles. The van der Waals surface area contributed by atoms with Gasteiger partial charge in [0.05, 0.1) is 0 Å². The summed E-state index contributed by atoms with van der Waals surface area (Å²) in [4.78, 5) is 16.1. The summed E-state index contributed by atoms with van der Waals surface area (Å²) >= 11 is 6.59. The molecule has 0 radical (unpaired) electrons. The van der Waals surface area contributed by atoms with E-state index < -0.39 is 0 Å². The van der Waals surface area contributed by atoms with Gasteiger partial charge in [-0.2, -0.15) is 0 Å². The van der Waals surface area contributed by atoms with Gasteiger partial charge in [-0.1, -0.05) is 15.9 Å². The van der Waals surface area contributed by atoms with Crippen molar-refractivity contribution in [2.75, 3.05) is 11.9 Å². The summed E-state index contributed by atoms with van der Waals surface area (Å²) in [7, 11) is 0. The van der Waals surface area contributed by atoms with Crippen LogP contribution in [0.4, 0.5) is 5.69 Å². The highest BCUT2D eigenvalue weighted by molar-refractivity contribution is 9.10. The highest BCUT2D eigenvalue weighted by Gasteiger charge is 2.04. The molecule has 4 nitrogen and oxygen atoms in total. The second-order valence-electron chi connectivity index (χ2n) is 4.04. The Labute approximate surface area is 128 Å². The number of halogens is 2. The molecule has 1 N–H and O–H groups in total. The van der Waals surface area contributed by atoms with Gasteiger partial charge in [0.1, 0.15) is 10.3 Å². The summed E-state index contributed by atoms with van der Waals surface area (Å²) in [5.41, 5.74) is 0.974. The Morgan fingerprint density at radius 3 is 2.63 bits per heavy atom. The van der Waals surface area contributed by atoms with Crippen LogP contribution in [0.15, 0.2) is 44.2 Å². The van der Waals surface area contributed by atoms with Crippen LogP contribution in [0.1, 0.15) is 5.82 Å². The number of nitrogens with zero attached hydrogens (tertiary/aromatic N) is 2. The van der Waals surface area contributed by atoms with Crippen molar-refractivity contribution in [3.63, 3.8) is 0 Å². The van der Waals surface area contributed by atoms with Crippen molar-refractivity contribution in [2.45, 2.75) is 13.5 Å². The second-order valence-corrected chi connectivity index (χ2v) is 5.81. The molecular weight excluding hydrogens is 374 g/mol. The molecule has 2 rings (SSSR count). The summed E-state index contributed by atoms with van der Waals surface area (Å²) in [5, 5.41) is 3.27. The lowest BCUT2D eigenvalue weighted by Gasteiger charge is -2.11. The summed E-state index contributed by atoms with van der Waals surface area (Å²) in [6.07, 6.45) is 1.54. The number of hydrogen-bond donors (Lipinski definition) is 1. The fraction of sp³-hybridized carbons (Fsp3) is 0.231. The predicted octanol–water partition coefficient (Wildman–Crippen LogP) is 3.19. The molecule has 0 fully saturated rings. The fourth-order valence-electron chi connectivity index (χ4n) is 1.69. The van der Waals surface area contributed by atoms with E-state index in [2.05, 4.69) is 42.2 Å². The molecule has 0 aliphatic rings. The molecule has 1 aromatic heterocycles. The molecule has 0 aliphatic carbocycles. The topological polar surface area (TPSA) is 46.9 Å². The minimum Gasteiger partial charge on any atom is -0.383 e. The molecule has 6 heteroatoms. The van der Waals surface area contributed by atoms with Crippen molar-refractivity contribution in [1.82, 2.24) is 9.55 Å². The number of aromatic nitrogens is 2. The van der Waals surface area contributed by atoms with Crippen LogP contribution in [-0.2, 0) is 6.54 Å². The van der Waals surface area contributed by atoms with E-state index in [1.54, 1.807) is 4.57 Å². The number of nitrogens with one attached hydrogen (secondary N) is 1. The zero-order chi connectivity index (χ0) is 13.8. The van der Waals surface area contributed by atoms with Crippen molar-refractivity contribution in [1.29, 1.82) is 0 Å². The van der Waals surface area contributed by atoms with Crippen molar-refractivity contribution in [3.8, 4) is 0 Å². The van der Waals surface area contributed by atoms with Gasteiger partial charge in [-0.3, -0.25) is 9.36 Å². The van der Waals surface area contributed by atoms with E-state index in [9.17, 15) is 4.79 Å². The Kier molecular flexibility index (Phi) is 4.76. The maximum absolute atomic E-state index is 11.9. The molecule has 100 valence electrons. The third-order valence-electron chi connectivity index (χ3n) is 2.71. The van der Waals surface area contributed by atoms with Crippen LogP contribution in [0.2, 0.25) is 0 Å². The van der Waals surface area contributed by atoms with E-state index in [0.717, 1.165) is 10.2 Å². The number of benzene rings is 1. The quantitative estimate of drug-likeness (QED) is 0.877. The van der Waals surface area contributed by atoms with E-state index in [0.29, 0.717) is 23.4 Å². The molecule has 0 spiro atoms. The Hall–Kier alpha value is -1.14. The molecule has 0 aliphatic heterocycles. The summed E-state index contributed by atoms with van der Waals surface area (Å²) < 4.78 is 3.18. The van der Waals surface area contributed by atoms with Crippen LogP contribution < -0.4 is 10.9 Å². The van der Waals surface area contributed by atoms with Crippen LogP contribution in [0, 0.1) is 6.92 Å². The highest BCUT2D eigenvalue weighted by Crippen LogP contribution is 2.13. The van der Waals surface area contributed by atoms with Gasteiger partial charge in [-0.25, -0.2) is 4.98 Å². The largest absolute Gasteiger partial charge is 0.383 e. The van der Waals surface area contributed by atoms with Gasteiger partial charge in [0.2, 0.25) is 0 Å². The van der Waals surface area contributed by atoms with Crippen LogP contribution in [0.25, 0.3) is 0 Å². The molecule has 19 heavy (non-hydrogen) atoms. The lowest BCUT2D eigenvalue weighted by molar-refractivity contribution is 0.649. The van der Waals surface area contributed by atoms with E-state index >= 15 is 0 Å². The maximum Gasteiger partial charge on any atom is 0.267 e. The average molecular weight is 387 g/mol. The first kappa shape index (κ1) is 14.3. The lowest BCUT2D eigenvalue weighted by atomic mass is 10.3. The van der Waals surface area contributed by atoms with Gasteiger partial charge in [0.25, 0.3) is 5.56 Å². The van der Waals surface area contributed by atoms with Crippen LogP contribution in [-0.4, -0.2) is 16.1 Å². The monoisotopic (exact) mass is 385 g/mol. The summed E-state index contributed by atoms with van der Waals surface area (Å²) in [6, 6.07) is 7.92. The predicted molar refractivity (Wildman–Crippen MR) is 83.6 cm³/mol. The van der Waals surface area contributed by atoms with Gasteiger partial charge in [-0.15, -0.1) is 0 Å². The number of aryl methyl sites for hydroxylation is 1. The second kappa shape index (κ2) is 6.34. The first-order chi connectivity index (χ1) is 9.08. The van der Waals surface area contributed by atoms with Crippen molar-refractivity contribution < 1.29 is 0 Å². The van der Waals surface area contributed by atoms with Gasteiger partial charge in [0, 0.05) is 29.4 Å². The average Bonchev–Trinajstić information content (AvgIpc) is 2.40. The van der Waals surface area contributed by atoms with Gasteiger partial charge < -0.3 is 5.32 Å². The zero-order valence-corrected chi connectivity index (χ0v) is 13.5. The summed E-state index contributed by atoms with van der Waals surface area (Å²) in [5.74, 6) is 0.714. The Bertz CT molecular complexity index is 623. The van der Waals surface area contributed by atoms with Gasteiger partial charge in [0.15, 0.2) is 0 Å². The summed E-state index contributed by atoms with van der Waals surface area (Å²) in [6.45, 7) is 3.07. The minimum atomic E-state index is -0.0508. The molecule has 0 amide bonds.